The number of rotatable bonds is 24. The van der Waals surface area contributed by atoms with Crippen LogP contribution in [-0.2, 0) is 14.9 Å². The number of unbranched alkanes of at least 4 members (excludes halogenated alkanes) is 9. The van der Waals surface area contributed by atoms with Crippen molar-refractivity contribution in [1.29, 1.82) is 0 Å². The Hall–Kier alpha value is -2.22. The van der Waals surface area contributed by atoms with E-state index in [2.05, 4.69) is 11.7 Å². The van der Waals surface area contributed by atoms with Crippen molar-refractivity contribution in [1.82, 2.24) is 0 Å². The van der Waals surface area contributed by atoms with Gasteiger partial charge in [0, 0.05) is 12.5 Å². The second kappa shape index (κ2) is 17.6. The Labute approximate surface area is 269 Å². The van der Waals surface area contributed by atoms with Crippen LogP contribution in [0.15, 0.2) is 23.1 Å². The summed E-state index contributed by atoms with van der Waals surface area (Å²) in [4.78, 5) is -0.581. The summed E-state index contributed by atoms with van der Waals surface area (Å²) < 4.78 is 219. The molecule has 0 atom stereocenters. The third-order valence-corrected chi connectivity index (χ3v) is 7.86. The predicted octanol–water partition coefficient (Wildman–Crippen LogP) is 9.76. The molecule has 282 valence electrons. The van der Waals surface area contributed by atoms with Crippen molar-refractivity contribution in [2.24, 2.45) is 0 Å². The van der Waals surface area contributed by atoms with Gasteiger partial charge < -0.3 is 14.2 Å². The normalized spacial score (nSPS) is 14.0. The third kappa shape index (κ3) is 11.1. The minimum Gasteiger partial charge on any atom is -0.490 e. The molecular formula is C28H37F13O6S. The van der Waals surface area contributed by atoms with Crippen LogP contribution in [0.4, 0.5) is 57.1 Å². The topological polar surface area (TPSA) is 82.1 Å². The Balaban J connectivity index is 2.71. The molecule has 0 saturated heterocycles. The molecule has 0 saturated carbocycles. The molecule has 0 heterocycles. The van der Waals surface area contributed by atoms with Crippen LogP contribution in [0.5, 0.6) is 11.5 Å². The summed E-state index contributed by atoms with van der Waals surface area (Å²) >= 11 is 0. The van der Waals surface area contributed by atoms with Crippen LogP contribution in [0.2, 0.25) is 0 Å². The van der Waals surface area contributed by atoms with Crippen LogP contribution in [0.3, 0.4) is 0 Å². The quantitative estimate of drug-likeness (QED) is 0.0645. The molecular weight excluding hydrogens is 711 g/mol. The van der Waals surface area contributed by atoms with Crippen molar-refractivity contribution in [2.45, 2.75) is 118 Å². The molecule has 0 aliphatic heterocycles. The van der Waals surface area contributed by atoms with Gasteiger partial charge in [-0.3, -0.25) is 4.55 Å². The monoisotopic (exact) mass is 748 g/mol. The first-order valence-electron chi connectivity index (χ1n) is 14.8. The standard InChI is InChI=1S/C28H37F13O6S/c1-2-3-4-5-6-7-8-9-10-11-15-46-22-19-20(48(42,43)44)12-13-21(22)47-18-17-45-16-14-23(29,30)24(31,32)25(33,34)26(35,36)27(37,38)28(39,40)41/h12-13,19H,2-11,14-18H2,1H3,(H,42,43,44). The first kappa shape index (κ1) is 43.8. The van der Waals surface area contributed by atoms with E-state index in [1.807, 2.05) is 0 Å². The Morgan fingerprint density at radius 3 is 1.56 bits per heavy atom. The van der Waals surface area contributed by atoms with Crippen LogP contribution in [0, 0.1) is 0 Å². The molecule has 0 aliphatic carbocycles. The van der Waals surface area contributed by atoms with Crippen molar-refractivity contribution in [3.05, 3.63) is 18.2 Å². The molecule has 20 heteroatoms. The number of halogens is 13. The smallest absolute Gasteiger partial charge is 0.460 e. The Morgan fingerprint density at radius 2 is 1.06 bits per heavy atom. The molecule has 48 heavy (non-hydrogen) atoms. The Kier molecular flexibility index (Phi) is 16.1. The maximum atomic E-state index is 13.9. The fourth-order valence-electron chi connectivity index (χ4n) is 4.12. The fourth-order valence-corrected chi connectivity index (χ4v) is 4.62. The number of alkyl halides is 13. The summed E-state index contributed by atoms with van der Waals surface area (Å²) in [5.41, 5.74) is 0. The molecule has 0 unspecified atom stereocenters. The summed E-state index contributed by atoms with van der Waals surface area (Å²) in [7, 11) is -4.68. The van der Waals surface area contributed by atoms with Gasteiger partial charge in [-0.05, 0) is 18.6 Å². The third-order valence-electron chi connectivity index (χ3n) is 7.01. The van der Waals surface area contributed by atoms with Crippen LogP contribution in [0.1, 0.15) is 77.6 Å². The van der Waals surface area contributed by atoms with Crippen LogP contribution < -0.4 is 9.47 Å². The number of ether oxygens (including phenoxy) is 3. The Morgan fingerprint density at radius 1 is 0.583 bits per heavy atom. The van der Waals surface area contributed by atoms with Crippen molar-refractivity contribution in [3.63, 3.8) is 0 Å². The second-order valence-electron chi connectivity index (χ2n) is 10.8. The molecule has 6 nitrogen and oxygen atoms in total. The molecule has 1 aromatic rings. The van der Waals surface area contributed by atoms with Gasteiger partial charge in [0.05, 0.1) is 24.7 Å². The van der Waals surface area contributed by atoms with Gasteiger partial charge in [0.15, 0.2) is 11.5 Å². The van der Waals surface area contributed by atoms with E-state index in [0.29, 0.717) is 6.42 Å². The first-order valence-corrected chi connectivity index (χ1v) is 16.2. The van der Waals surface area contributed by atoms with Gasteiger partial charge >= 0.3 is 35.8 Å². The zero-order valence-corrected chi connectivity index (χ0v) is 26.5. The van der Waals surface area contributed by atoms with Crippen LogP contribution in [0.25, 0.3) is 0 Å². The van der Waals surface area contributed by atoms with Crippen LogP contribution >= 0.6 is 0 Å². The summed E-state index contributed by atoms with van der Waals surface area (Å²) in [6.07, 6.45) is 0.122. The van der Waals surface area contributed by atoms with E-state index in [1.165, 1.54) is 12.8 Å². The molecule has 1 N–H and O–H groups in total. The average molecular weight is 749 g/mol. The van der Waals surface area contributed by atoms with E-state index in [9.17, 15) is 70.0 Å². The van der Waals surface area contributed by atoms with Crippen molar-refractivity contribution in [2.75, 3.05) is 26.4 Å². The van der Waals surface area contributed by atoms with Gasteiger partial charge in [-0.2, -0.15) is 65.5 Å². The molecule has 0 amide bonds. The van der Waals surface area contributed by atoms with Crippen molar-refractivity contribution >= 4 is 10.1 Å². The lowest BCUT2D eigenvalue weighted by Gasteiger charge is -2.39. The van der Waals surface area contributed by atoms with Crippen molar-refractivity contribution in [3.8, 4) is 11.5 Å². The predicted molar refractivity (Wildman–Crippen MR) is 145 cm³/mol. The van der Waals surface area contributed by atoms with E-state index in [1.54, 1.807) is 0 Å². The minimum atomic E-state index is -7.97. The summed E-state index contributed by atoms with van der Waals surface area (Å²) in [6, 6.07) is 2.84. The van der Waals surface area contributed by atoms with Gasteiger partial charge in [-0.25, -0.2) is 0 Å². The molecule has 0 fully saturated rings. The van der Waals surface area contributed by atoms with Gasteiger partial charge in [-0.15, -0.1) is 0 Å². The number of hydrogen-bond donors (Lipinski definition) is 1. The van der Waals surface area contributed by atoms with Gasteiger partial charge in [-0.1, -0.05) is 64.7 Å². The summed E-state index contributed by atoms with van der Waals surface area (Å²) in [6.45, 7) is -0.795. The number of hydrogen-bond acceptors (Lipinski definition) is 5. The Bertz CT molecular complexity index is 1220. The van der Waals surface area contributed by atoms with Gasteiger partial charge in [0.2, 0.25) is 0 Å². The highest BCUT2D eigenvalue weighted by Gasteiger charge is 2.90. The lowest BCUT2D eigenvalue weighted by Crippen LogP contribution is -2.70. The molecule has 1 aromatic carbocycles. The SMILES string of the molecule is CCCCCCCCCCCCOc1cc(S(=O)(=O)O)ccc1OCCOCCC(F)(F)C(F)(F)C(F)(F)C(F)(F)C(F)(F)C(F)(F)F. The van der Waals surface area contributed by atoms with Crippen LogP contribution in [-0.4, -0.2) is 75.2 Å². The maximum absolute atomic E-state index is 13.9. The van der Waals surface area contributed by atoms with E-state index in [0.717, 1.165) is 63.1 Å². The van der Waals surface area contributed by atoms with E-state index < -0.39 is 77.0 Å². The molecule has 0 radical (unpaired) electrons. The molecule has 0 aliphatic rings. The highest BCUT2D eigenvalue weighted by Crippen LogP contribution is 2.60. The molecule has 1 rings (SSSR count). The second-order valence-corrected chi connectivity index (χ2v) is 12.2. The maximum Gasteiger partial charge on any atom is 0.460 e. The minimum absolute atomic E-state index is 0.0835. The fraction of sp³-hybridized carbons (Fsp3) is 0.786. The lowest BCUT2D eigenvalue weighted by atomic mass is 9.93. The van der Waals surface area contributed by atoms with E-state index in [-0.39, 0.29) is 18.1 Å². The number of benzene rings is 1. The summed E-state index contributed by atoms with van der Waals surface area (Å²) in [5, 5.41) is 0. The largest absolute Gasteiger partial charge is 0.490 e. The highest BCUT2D eigenvalue weighted by atomic mass is 32.2. The lowest BCUT2D eigenvalue weighted by molar-refractivity contribution is -0.440. The highest BCUT2D eigenvalue weighted by molar-refractivity contribution is 7.85. The van der Waals surface area contributed by atoms with Gasteiger partial charge in [0.1, 0.15) is 6.61 Å². The van der Waals surface area contributed by atoms with E-state index in [4.69, 9.17) is 9.47 Å². The van der Waals surface area contributed by atoms with Gasteiger partial charge in [0.25, 0.3) is 10.1 Å². The molecule has 0 bridgehead atoms. The van der Waals surface area contributed by atoms with Crippen molar-refractivity contribution < 1.29 is 84.3 Å². The molecule has 0 aromatic heterocycles. The molecule has 0 spiro atoms. The summed E-state index contributed by atoms with van der Waals surface area (Å²) in [5.74, 6) is -37.7. The zero-order chi connectivity index (χ0) is 37.1. The average Bonchev–Trinajstić information content (AvgIpc) is 2.96. The zero-order valence-electron chi connectivity index (χ0n) is 25.6. The first-order chi connectivity index (χ1) is 21.9. The van der Waals surface area contributed by atoms with E-state index >= 15 is 0 Å².